The van der Waals surface area contributed by atoms with Gasteiger partial charge in [0.2, 0.25) is 0 Å². The van der Waals surface area contributed by atoms with E-state index in [1.54, 1.807) is 7.11 Å². The molecule has 116 valence electrons. The van der Waals surface area contributed by atoms with Gasteiger partial charge in [-0.1, -0.05) is 54.6 Å². The molecule has 0 aromatic heterocycles. The molecule has 4 aromatic rings. The van der Waals surface area contributed by atoms with Crippen LogP contribution < -0.4 is 4.74 Å². The van der Waals surface area contributed by atoms with Crippen molar-refractivity contribution >= 4 is 27.3 Å². The molecule has 0 aliphatic carbocycles. The lowest BCUT2D eigenvalue weighted by Gasteiger charge is -2.11. The molecular formula is C22H16O2. The Morgan fingerprint density at radius 1 is 0.750 bits per heavy atom. The van der Waals surface area contributed by atoms with Crippen LogP contribution in [0.15, 0.2) is 78.9 Å². The molecule has 2 nitrogen and oxygen atoms in total. The van der Waals surface area contributed by atoms with Crippen molar-refractivity contribution in [3.8, 4) is 5.75 Å². The van der Waals surface area contributed by atoms with Crippen LogP contribution in [0, 0.1) is 0 Å². The van der Waals surface area contributed by atoms with Crippen LogP contribution in [-0.4, -0.2) is 12.9 Å². The fourth-order valence-corrected chi connectivity index (χ4v) is 3.14. The third-order valence-electron chi connectivity index (χ3n) is 4.35. The molecule has 4 rings (SSSR count). The number of rotatable bonds is 3. The van der Waals surface area contributed by atoms with Crippen LogP contribution in [0.2, 0.25) is 0 Å². The minimum atomic E-state index is 0.0384. The number of carbonyl (C=O) groups is 1. The van der Waals surface area contributed by atoms with Crippen LogP contribution >= 0.6 is 0 Å². The van der Waals surface area contributed by atoms with Crippen LogP contribution in [0.5, 0.6) is 5.75 Å². The molecule has 0 spiro atoms. The van der Waals surface area contributed by atoms with Gasteiger partial charge in [0.05, 0.1) is 7.11 Å². The molecule has 0 bridgehead atoms. The van der Waals surface area contributed by atoms with E-state index in [0.29, 0.717) is 5.56 Å². The quantitative estimate of drug-likeness (QED) is 0.382. The third kappa shape index (κ3) is 2.33. The Morgan fingerprint density at radius 3 is 2.29 bits per heavy atom. The van der Waals surface area contributed by atoms with Gasteiger partial charge in [-0.15, -0.1) is 0 Å². The molecule has 24 heavy (non-hydrogen) atoms. The molecule has 0 N–H and O–H groups in total. The van der Waals surface area contributed by atoms with E-state index < -0.39 is 0 Å². The van der Waals surface area contributed by atoms with Gasteiger partial charge >= 0.3 is 0 Å². The Kier molecular flexibility index (Phi) is 3.51. The predicted molar refractivity (Wildman–Crippen MR) is 97.9 cm³/mol. The summed E-state index contributed by atoms with van der Waals surface area (Å²) in [6, 6.07) is 25.4. The number of hydrogen-bond donors (Lipinski definition) is 0. The lowest BCUT2D eigenvalue weighted by molar-refractivity contribution is 0.104. The summed E-state index contributed by atoms with van der Waals surface area (Å²) in [4.78, 5) is 13.0. The summed E-state index contributed by atoms with van der Waals surface area (Å²) in [6.07, 6.45) is 0. The lowest BCUT2D eigenvalue weighted by atomic mass is 9.93. The van der Waals surface area contributed by atoms with Gasteiger partial charge in [-0.25, -0.2) is 0 Å². The van der Waals surface area contributed by atoms with Gasteiger partial charge in [0.1, 0.15) is 5.75 Å². The molecule has 0 heterocycles. The molecule has 2 heteroatoms. The Morgan fingerprint density at radius 2 is 1.50 bits per heavy atom. The van der Waals surface area contributed by atoms with E-state index >= 15 is 0 Å². The Balaban J connectivity index is 2.05. The van der Waals surface area contributed by atoms with Crippen molar-refractivity contribution in [3.63, 3.8) is 0 Å². The maximum Gasteiger partial charge on any atom is 0.193 e. The number of fused-ring (bicyclic) bond motifs is 3. The van der Waals surface area contributed by atoms with Crippen molar-refractivity contribution in [3.05, 3.63) is 90.0 Å². The highest BCUT2D eigenvalue weighted by molar-refractivity contribution is 6.22. The molecule has 0 saturated carbocycles. The molecule has 0 fully saturated rings. The summed E-state index contributed by atoms with van der Waals surface area (Å²) in [5.41, 5.74) is 1.42. The molecule has 0 amide bonds. The monoisotopic (exact) mass is 312 g/mol. The second-order valence-electron chi connectivity index (χ2n) is 5.75. The summed E-state index contributed by atoms with van der Waals surface area (Å²) in [7, 11) is 1.66. The van der Waals surface area contributed by atoms with E-state index in [1.165, 1.54) is 0 Å². The van der Waals surface area contributed by atoms with Crippen LogP contribution in [0.25, 0.3) is 21.5 Å². The fraction of sp³-hybridized carbons (Fsp3) is 0.0455. The highest BCUT2D eigenvalue weighted by atomic mass is 16.5. The Hall–Kier alpha value is -3.13. The number of ketones is 1. The maximum atomic E-state index is 13.0. The zero-order valence-electron chi connectivity index (χ0n) is 13.3. The van der Waals surface area contributed by atoms with E-state index in [4.69, 9.17) is 4.74 Å². The first-order valence-electron chi connectivity index (χ1n) is 7.87. The number of benzene rings is 4. The summed E-state index contributed by atoms with van der Waals surface area (Å²) in [6.45, 7) is 0. The zero-order chi connectivity index (χ0) is 16.5. The highest BCUT2D eigenvalue weighted by Gasteiger charge is 2.15. The van der Waals surface area contributed by atoms with Crippen molar-refractivity contribution in [2.24, 2.45) is 0 Å². The average Bonchev–Trinajstić information content (AvgIpc) is 2.67. The SMILES string of the molecule is COc1ccc2c(C(=O)c3ccccc3)cc3ccccc3c2c1. The standard InChI is InChI=1S/C22H16O2/c1-24-17-11-12-19-20(14-17)18-10-6-5-9-16(18)13-21(19)22(23)15-7-3-2-4-8-15/h2-14H,1H3. The molecule has 0 unspecified atom stereocenters. The van der Waals surface area contributed by atoms with Crippen molar-refractivity contribution in [2.75, 3.05) is 7.11 Å². The van der Waals surface area contributed by atoms with E-state index in [1.807, 2.05) is 72.8 Å². The maximum absolute atomic E-state index is 13.0. The summed E-state index contributed by atoms with van der Waals surface area (Å²) < 4.78 is 5.37. The van der Waals surface area contributed by atoms with Crippen LogP contribution in [0.3, 0.4) is 0 Å². The second-order valence-corrected chi connectivity index (χ2v) is 5.75. The predicted octanol–water partition coefficient (Wildman–Crippen LogP) is 5.23. The second kappa shape index (κ2) is 5.82. The van der Waals surface area contributed by atoms with Crippen molar-refractivity contribution in [1.82, 2.24) is 0 Å². The number of carbonyl (C=O) groups excluding carboxylic acids is 1. The summed E-state index contributed by atoms with van der Waals surface area (Å²) in [5, 5.41) is 4.16. The van der Waals surface area contributed by atoms with Gasteiger partial charge in [-0.2, -0.15) is 0 Å². The van der Waals surface area contributed by atoms with E-state index in [0.717, 1.165) is 32.9 Å². The zero-order valence-corrected chi connectivity index (χ0v) is 13.3. The minimum Gasteiger partial charge on any atom is -0.497 e. The topological polar surface area (TPSA) is 26.3 Å². The molecule has 0 atom stereocenters. The molecular weight excluding hydrogens is 296 g/mol. The molecule has 4 aromatic carbocycles. The average molecular weight is 312 g/mol. The van der Waals surface area contributed by atoms with Crippen LogP contribution in [0.4, 0.5) is 0 Å². The summed E-state index contributed by atoms with van der Waals surface area (Å²) >= 11 is 0. The van der Waals surface area contributed by atoms with Crippen LogP contribution in [-0.2, 0) is 0 Å². The first-order valence-corrected chi connectivity index (χ1v) is 7.87. The highest BCUT2D eigenvalue weighted by Crippen LogP contribution is 2.32. The van der Waals surface area contributed by atoms with Gasteiger partial charge in [-0.3, -0.25) is 4.79 Å². The van der Waals surface area contributed by atoms with Crippen molar-refractivity contribution in [2.45, 2.75) is 0 Å². The van der Waals surface area contributed by atoms with Crippen LogP contribution in [0.1, 0.15) is 15.9 Å². The molecule has 0 saturated heterocycles. The largest absolute Gasteiger partial charge is 0.497 e. The fourth-order valence-electron chi connectivity index (χ4n) is 3.14. The van der Waals surface area contributed by atoms with Gasteiger partial charge in [0, 0.05) is 11.1 Å². The van der Waals surface area contributed by atoms with Gasteiger partial charge < -0.3 is 4.74 Å². The first kappa shape index (κ1) is 14.5. The Bertz CT molecular complexity index is 1050. The minimum absolute atomic E-state index is 0.0384. The number of methoxy groups -OCH3 is 1. The van der Waals surface area contributed by atoms with Gasteiger partial charge in [0.25, 0.3) is 0 Å². The summed E-state index contributed by atoms with van der Waals surface area (Å²) in [5.74, 6) is 0.827. The van der Waals surface area contributed by atoms with E-state index in [2.05, 4.69) is 6.07 Å². The molecule has 0 radical (unpaired) electrons. The van der Waals surface area contributed by atoms with E-state index in [9.17, 15) is 4.79 Å². The molecule has 0 aliphatic heterocycles. The smallest absolute Gasteiger partial charge is 0.193 e. The third-order valence-corrected chi connectivity index (χ3v) is 4.35. The van der Waals surface area contributed by atoms with Crippen molar-refractivity contribution < 1.29 is 9.53 Å². The Labute approximate surface area is 140 Å². The van der Waals surface area contributed by atoms with E-state index in [-0.39, 0.29) is 5.78 Å². The number of ether oxygens (including phenoxy) is 1. The van der Waals surface area contributed by atoms with Crippen molar-refractivity contribution in [1.29, 1.82) is 0 Å². The first-order chi connectivity index (χ1) is 11.8. The van der Waals surface area contributed by atoms with Gasteiger partial charge in [-0.05, 0) is 45.8 Å². The normalized spacial score (nSPS) is 10.9. The van der Waals surface area contributed by atoms with Gasteiger partial charge in [0.15, 0.2) is 5.78 Å². The molecule has 0 aliphatic rings. The lowest BCUT2D eigenvalue weighted by Crippen LogP contribution is -2.02. The number of hydrogen-bond acceptors (Lipinski definition) is 2.